The monoisotopic (exact) mass is 695 g/mol. The van der Waals surface area contributed by atoms with E-state index in [1.807, 2.05) is 92.0 Å². The smallest absolute Gasteiger partial charge is 0.272 e. The molecule has 3 N–H and O–H groups in total. The van der Waals surface area contributed by atoms with Crippen molar-refractivity contribution in [1.82, 2.24) is 10.3 Å². The number of hydrogen-bond acceptors (Lipinski definition) is 7. The van der Waals surface area contributed by atoms with Gasteiger partial charge in [-0.25, -0.2) is 4.98 Å². The molecule has 0 aliphatic carbocycles. The molecule has 5 rings (SSSR count). The first-order valence-corrected chi connectivity index (χ1v) is 17.3. The molecule has 0 saturated carbocycles. The summed E-state index contributed by atoms with van der Waals surface area (Å²) in [5, 5.41) is 11.3. The Balaban J connectivity index is 1.28. The molecule has 11 heteroatoms. The second-order valence-electron chi connectivity index (χ2n) is 10.9. The molecule has 4 aromatic carbocycles. The summed E-state index contributed by atoms with van der Waals surface area (Å²) < 4.78 is 0. The Morgan fingerprint density at radius 1 is 0.917 bits per heavy atom. The molecular formula is C37H34ClN5O3S2. The van der Waals surface area contributed by atoms with E-state index in [0.717, 1.165) is 27.4 Å². The number of aromatic nitrogens is 1. The molecule has 3 amide bonds. The van der Waals surface area contributed by atoms with Gasteiger partial charge in [-0.3, -0.25) is 14.4 Å². The van der Waals surface area contributed by atoms with Crippen LogP contribution in [0, 0.1) is 0 Å². The van der Waals surface area contributed by atoms with Crippen LogP contribution in [0.2, 0.25) is 5.02 Å². The number of amides is 3. The first kappa shape index (κ1) is 34.4. The van der Waals surface area contributed by atoms with Crippen molar-refractivity contribution in [1.29, 1.82) is 0 Å². The molecule has 1 aromatic heterocycles. The second kappa shape index (κ2) is 16.3. The maximum absolute atomic E-state index is 13.6. The van der Waals surface area contributed by atoms with Crippen molar-refractivity contribution in [2.75, 3.05) is 29.6 Å². The van der Waals surface area contributed by atoms with Crippen molar-refractivity contribution in [3.05, 3.63) is 130 Å². The molecule has 0 spiro atoms. The summed E-state index contributed by atoms with van der Waals surface area (Å²) in [6.45, 7) is 1.95. The summed E-state index contributed by atoms with van der Waals surface area (Å²) in [7, 11) is 3.90. The van der Waals surface area contributed by atoms with E-state index in [2.05, 4.69) is 20.9 Å². The summed E-state index contributed by atoms with van der Waals surface area (Å²) in [4.78, 5) is 47.2. The molecule has 8 nitrogen and oxygen atoms in total. The average Bonchev–Trinajstić information content (AvgIpc) is 3.56. The van der Waals surface area contributed by atoms with Crippen molar-refractivity contribution >= 4 is 75.0 Å². The number of anilines is 3. The Hall–Kier alpha value is -4.90. The zero-order valence-corrected chi connectivity index (χ0v) is 29.0. The van der Waals surface area contributed by atoms with Crippen LogP contribution in [0.5, 0.6) is 0 Å². The van der Waals surface area contributed by atoms with Gasteiger partial charge in [0.05, 0.1) is 10.9 Å². The largest absolute Gasteiger partial charge is 0.378 e. The van der Waals surface area contributed by atoms with Gasteiger partial charge in [-0.15, -0.1) is 23.1 Å². The SMILES string of the molecule is CCC(Sc1cccc(NC(=O)/C(=C\c2ccc(N(C)C)cc2)NC(=O)c2ccccc2)c1)C(=O)Nc1nc(-c2ccc(Cl)cc2)cs1. The van der Waals surface area contributed by atoms with Gasteiger partial charge >= 0.3 is 0 Å². The normalized spacial score (nSPS) is 11.8. The van der Waals surface area contributed by atoms with Gasteiger partial charge in [-0.1, -0.05) is 67.1 Å². The number of nitrogens with zero attached hydrogens (tertiary/aromatic N) is 2. The lowest BCUT2D eigenvalue weighted by Gasteiger charge is -2.15. The summed E-state index contributed by atoms with van der Waals surface area (Å²) in [6, 6.07) is 31.0. The highest BCUT2D eigenvalue weighted by atomic mass is 35.5. The molecule has 0 radical (unpaired) electrons. The standard InChI is InChI=1S/C37H34ClN5O3S2/c1-4-33(36(46)42-37-41-32(23-47-37)25-15-17-27(38)18-16-25)48-30-12-8-11-28(22-30)39-35(45)31(40-34(44)26-9-6-5-7-10-26)21-24-13-19-29(20-14-24)43(2)3/h5-23,33H,4H2,1-3H3,(H,39,45)(H,40,44)(H,41,42,46)/b31-21+. The van der Waals surface area contributed by atoms with E-state index in [-0.39, 0.29) is 11.6 Å². The fourth-order valence-corrected chi connectivity index (χ4v) is 6.44. The Bertz CT molecular complexity index is 1910. The van der Waals surface area contributed by atoms with Gasteiger partial charge in [0.15, 0.2) is 5.13 Å². The van der Waals surface area contributed by atoms with Crippen molar-refractivity contribution in [3.8, 4) is 11.3 Å². The van der Waals surface area contributed by atoms with Crippen LogP contribution in [0.4, 0.5) is 16.5 Å². The summed E-state index contributed by atoms with van der Waals surface area (Å²) in [5.41, 5.74) is 4.48. The minimum absolute atomic E-state index is 0.0896. The van der Waals surface area contributed by atoms with Crippen LogP contribution in [0.25, 0.3) is 17.3 Å². The molecule has 0 aliphatic rings. The highest BCUT2D eigenvalue weighted by molar-refractivity contribution is 8.00. The lowest BCUT2D eigenvalue weighted by atomic mass is 10.1. The van der Waals surface area contributed by atoms with E-state index in [9.17, 15) is 14.4 Å². The fourth-order valence-electron chi connectivity index (χ4n) is 4.58. The molecule has 0 bridgehead atoms. The maximum atomic E-state index is 13.6. The van der Waals surface area contributed by atoms with Gasteiger partial charge < -0.3 is 20.9 Å². The van der Waals surface area contributed by atoms with Crippen LogP contribution in [-0.4, -0.2) is 42.1 Å². The van der Waals surface area contributed by atoms with E-state index in [0.29, 0.717) is 27.8 Å². The number of nitrogens with one attached hydrogen (secondary N) is 3. The van der Waals surface area contributed by atoms with Gasteiger partial charge in [0, 0.05) is 51.9 Å². The van der Waals surface area contributed by atoms with E-state index < -0.39 is 17.1 Å². The first-order valence-electron chi connectivity index (χ1n) is 15.1. The van der Waals surface area contributed by atoms with Gasteiger partial charge in [-0.05, 0) is 72.7 Å². The minimum Gasteiger partial charge on any atom is -0.378 e. The zero-order chi connectivity index (χ0) is 34.0. The summed E-state index contributed by atoms with van der Waals surface area (Å²) in [5.74, 6) is -1.05. The van der Waals surface area contributed by atoms with Gasteiger partial charge in [-0.2, -0.15) is 0 Å². The maximum Gasteiger partial charge on any atom is 0.272 e. The predicted molar refractivity (Wildman–Crippen MR) is 199 cm³/mol. The number of carbonyl (C=O) groups excluding carboxylic acids is 3. The molecule has 48 heavy (non-hydrogen) atoms. The van der Waals surface area contributed by atoms with Crippen LogP contribution in [0.1, 0.15) is 29.3 Å². The number of rotatable bonds is 12. The van der Waals surface area contributed by atoms with Crippen molar-refractivity contribution < 1.29 is 14.4 Å². The predicted octanol–water partition coefficient (Wildman–Crippen LogP) is 8.45. The molecule has 1 atom stereocenters. The van der Waals surface area contributed by atoms with Crippen LogP contribution < -0.4 is 20.9 Å². The quantitative estimate of drug-likeness (QED) is 0.0894. The fraction of sp³-hybridized carbons (Fsp3) is 0.135. The van der Waals surface area contributed by atoms with Gasteiger partial charge in [0.25, 0.3) is 11.8 Å². The second-order valence-corrected chi connectivity index (χ2v) is 13.5. The van der Waals surface area contributed by atoms with Crippen LogP contribution in [-0.2, 0) is 9.59 Å². The topological polar surface area (TPSA) is 103 Å². The van der Waals surface area contributed by atoms with E-state index in [1.54, 1.807) is 48.5 Å². The molecule has 5 aromatic rings. The van der Waals surface area contributed by atoms with Crippen molar-refractivity contribution in [3.63, 3.8) is 0 Å². The number of thioether (sulfide) groups is 1. The number of hydrogen-bond donors (Lipinski definition) is 3. The summed E-state index contributed by atoms with van der Waals surface area (Å²) >= 11 is 8.76. The van der Waals surface area contributed by atoms with E-state index in [1.165, 1.54) is 23.1 Å². The van der Waals surface area contributed by atoms with E-state index in [4.69, 9.17) is 11.6 Å². The third-order valence-electron chi connectivity index (χ3n) is 7.16. The summed E-state index contributed by atoms with van der Waals surface area (Å²) in [6.07, 6.45) is 2.22. The lowest BCUT2D eigenvalue weighted by Crippen LogP contribution is -2.30. The zero-order valence-electron chi connectivity index (χ0n) is 26.6. The molecular weight excluding hydrogens is 662 g/mol. The molecule has 0 aliphatic heterocycles. The highest BCUT2D eigenvalue weighted by Gasteiger charge is 2.21. The molecule has 1 unspecified atom stereocenters. The van der Waals surface area contributed by atoms with Crippen LogP contribution in [0.15, 0.2) is 119 Å². The highest BCUT2D eigenvalue weighted by Crippen LogP contribution is 2.30. The Morgan fingerprint density at radius 3 is 2.33 bits per heavy atom. The number of halogens is 1. The molecule has 0 fully saturated rings. The van der Waals surface area contributed by atoms with Crippen LogP contribution >= 0.6 is 34.7 Å². The number of carbonyl (C=O) groups is 3. The Morgan fingerprint density at radius 2 is 1.65 bits per heavy atom. The van der Waals surface area contributed by atoms with Gasteiger partial charge in [0.2, 0.25) is 5.91 Å². The van der Waals surface area contributed by atoms with Crippen molar-refractivity contribution in [2.24, 2.45) is 0 Å². The van der Waals surface area contributed by atoms with E-state index >= 15 is 0 Å². The van der Waals surface area contributed by atoms with Gasteiger partial charge in [0.1, 0.15) is 5.70 Å². The number of benzene rings is 4. The first-order chi connectivity index (χ1) is 23.2. The average molecular weight is 696 g/mol. The lowest BCUT2D eigenvalue weighted by molar-refractivity contribution is -0.116. The molecule has 1 heterocycles. The van der Waals surface area contributed by atoms with Crippen LogP contribution in [0.3, 0.4) is 0 Å². The minimum atomic E-state index is -0.483. The third kappa shape index (κ3) is 9.34. The molecule has 244 valence electrons. The Kier molecular flexibility index (Phi) is 11.7. The number of thiazole rings is 1. The third-order valence-corrected chi connectivity index (χ3v) is 9.52. The van der Waals surface area contributed by atoms with Crippen molar-refractivity contribution in [2.45, 2.75) is 23.5 Å². The Labute approximate surface area is 293 Å². The molecule has 0 saturated heterocycles.